The molecule has 1 aromatic heterocycles. The maximum Gasteiger partial charge on any atom is 0.148 e. The van der Waals surface area contributed by atoms with Crippen LogP contribution in [0.15, 0.2) is 36.4 Å². The highest BCUT2D eigenvalue weighted by Gasteiger charge is 2.25. The third kappa shape index (κ3) is 2.43. The van der Waals surface area contributed by atoms with E-state index in [1.165, 1.54) is 12.8 Å². The number of nitrogens with one attached hydrogen (secondary N) is 1. The fourth-order valence-corrected chi connectivity index (χ4v) is 2.11. The molecule has 0 saturated heterocycles. The maximum atomic E-state index is 9.18. The second kappa shape index (κ2) is 4.74. The van der Waals surface area contributed by atoms with Gasteiger partial charge in [-0.1, -0.05) is 18.2 Å². The van der Waals surface area contributed by atoms with E-state index in [-0.39, 0.29) is 0 Å². The lowest BCUT2D eigenvalue weighted by molar-refractivity contribution is 1.02. The number of hydrogen-bond donors (Lipinski definition) is 1. The molecule has 1 heterocycles. The van der Waals surface area contributed by atoms with Crippen molar-refractivity contribution >= 4 is 11.5 Å². The molecule has 0 unspecified atom stereocenters. The minimum atomic E-state index is 0.588. The van der Waals surface area contributed by atoms with Crippen LogP contribution in [-0.4, -0.2) is 4.98 Å². The van der Waals surface area contributed by atoms with E-state index in [1.807, 2.05) is 43.3 Å². The number of anilines is 2. The summed E-state index contributed by atoms with van der Waals surface area (Å²) in [6.07, 6.45) is 2.42. The summed E-state index contributed by atoms with van der Waals surface area (Å²) in [5, 5.41) is 12.5. The number of pyridine rings is 1. The molecule has 1 saturated carbocycles. The zero-order valence-corrected chi connectivity index (χ0v) is 10.9. The highest BCUT2D eigenvalue weighted by atomic mass is 15.0. The lowest BCUT2D eigenvalue weighted by atomic mass is 10.1. The van der Waals surface area contributed by atoms with Crippen molar-refractivity contribution in [3.8, 4) is 6.07 Å². The third-order valence-corrected chi connectivity index (χ3v) is 3.43. The standard InChI is InChI=1S/C16H15N3/c1-11-4-2-3-5-14(11)18-16-13(10-17)8-9-15(19-16)12-6-7-12/h2-5,8-9,12H,6-7H2,1H3,(H,18,19). The van der Waals surface area contributed by atoms with Crippen LogP contribution in [-0.2, 0) is 0 Å². The van der Waals surface area contributed by atoms with E-state index >= 15 is 0 Å². The third-order valence-electron chi connectivity index (χ3n) is 3.43. The van der Waals surface area contributed by atoms with Gasteiger partial charge in [-0.05, 0) is 43.5 Å². The molecule has 0 amide bonds. The normalized spacial score (nSPS) is 13.9. The van der Waals surface area contributed by atoms with E-state index in [9.17, 15) is 5.26 Å². The molecule has 0 spiro atoms. The summed E-state index contributed by atoms with van der Waals surface area (Å²) in [6.45, 7) is 2.04. The molecule has 0 atom stereocenters. The van der Waals surface area contributed by atoms with Gasteiger partial charge < -0.3 is 5.32 Å². The summed E-state index contributed by atoms with van der Waals surface area (Å²) in [4.78, 5) is 4.61. The fourth-order valence-electron chi connectivity index (χ4n) is 2.11. The molecule has 2 aromatic rings. The summed E-state index contributed by atoms with van der Waals surface area (Å²) in [6, 6.07) is 14.1. The van der Waals surface area contributed by atoms with E-state index in [4.69, 9.17) is 0 Å². The van der Waals surface area contributed by atoms with Crippen molar-refractivity contribution in [2.75, 3.05) is 5.32 Å². The topological polar surface area (TPSA) is 48.7 Å². The van der Waals surface area contributed by atoms with Crippen LogP contribution in [0.4, 0.5) is 11.5 Å². The van der Waals surface area contributed by atoms with Crippen molar-refractivity contribution in [3.63, 3.8) is 0 Å². The van der Waals surface area contributed by atoms with Gasteiger partial charge in [-0.15, -0.1) is 0 Å². The molecule has 0 radical (unpaired) electrons. The van der Waals surface area contributed by atoms with Gasteiger partial charge >= 0.3 is 0 Å². The number of benzene rings is 1. The minimum absolute atomic E-state index is 0.588. The highest BCUT2D eigenvalue weighted by Crippen LogP contribution is 2.39. The molecule has 19 heavy (non-hydrogen) atoms. The molecule has 1 aliphatic rings. The number of rotatable bonds is 3. The number of aromatic nitrogens is 1. The molecule has 0 bridgehead atoms. The first-order chi connectivity index (χ1) is 9.28. The van der Waals surface area contributed by atoms with Gasteiger partial charge in [-0.3, -0.25) is 0 Å². The van der Waals surface area contributed by atoms with Crippen LogP contribution in [0.5, 0.6) is 0 Å². The quantitative estimate of drug-likeness (QED) is 0.897. The summed E-state index contributed by atoms with van der Waals surface area (Å²) in [5.41, 5.74) is 3.83. The molecule has 3 nitrogen and oxygen atoms in total. The largest absolute Gasteiger partial charge is 0.339 e. The van der Waals surface area contributed by atoms with Crippen molar-refractivity contribution in [3.05, 3.63) is 53.2 Å². The summed E-state index contributed by atoms with van der Waals surface area (Å²) >= 11 is 0. The van der Waals surface area contributed by atoms with Crippen LogP contribution in [0.3, 0.4) is 0 Å². The van der Waals surface area contributed by atoms with Crippen molar-refractivity contribution in [2.45, 2.75) is 25.7 Å². The Labute approximate surface area is 112 Å². The number of nitrogens with zero attached hydrogens (tertiary/aromatic N) is 2. The second-order valence-corrected chi connectivity index (χ2v) is 4.96. The van der Waals surface area contributed by atoms with Gasteiger partial charge in [-0.2, -0.15) is 5.26 Å². The number of nitriles is 1. The van der Waals surface area contributed by atoms with E-state index in [0.29, 0.717) is 17.3 Å². The molecular formula is C16H15N3. The van der Waals surface area contributed by atoms with Crippen molar-refractivity contribution < 1.29 is 0 Å². The summed E-state index contributed by atoms with van der Waals surface area (Å²) in [7, 11) is 0. The second-order valence-electron chi connectivity index (χ2n) is 4.96. The average molecular weight is 249 g/mol. The summed E-state index contributed by atoms with van der Waals surface area (Å²) in [5.74, 6) is 1.26. The Kier molecular flexibility index (Phi) is 2.92. The Morgan fingerprint density at radius 1 is 1.21 bits per heavy atom. The summed E-state index contributed by atoms with van der Waals surface area (Å²) < 4.78 is 0. The first-order valence-corrected chi connectivity index (χ1v) is 6.51. The van der Waals surface area contributed by atoms with Gasteiger partial charge in [0.25, 0.3) is 0 Å². The van der Waals surface area contributed by atoms with Gasteiger partial charge in [0.05, 0.1) is 5.56 Å². The molecule has 1 N–H and O–H groups in total. The van der Waals surface area contributed by atoms with Gasteiger partial charge in [-0.25, -0.2) is 4.98 Å². The molecule has 1 aromatic carbocycles. The lowest BCUT2D eigenvalue weighted by Gasteiger charge is -2.11. The Bertz CT molecular complexity index is 651. The van der Waals surface area contributed by atoms with Crippen LogP contribution >= 0.6 is 0 Å². The monoisotopic (exact) mass is 249 g/mol. The Balaban J connectivity index is 1.97. The molecule has 94 valence electrons. The van der Waals surface area contributed by atoms with Crippen molar-refractivity contribution in [2.24, 2.45) is 0 Å². The number of aryl methyl sites for hydroxylation is 1. The SMILES string of the molecule is Cc1ccccc1Nc1nc(C2CC2)ccc1C#N. The maximum absolute atomic E-state index is 9.18. The fraction of sp³-hybridized carbons (Fsp3) is 0.250. The number of hydrogen-bond acceptors (Lipinski definition) is 3. The highest BCUT2D eigenvalue weighted by molar-refractivity contribution is 5.65. The van der Waals surface area contributed by atoms with Crippen molar-refractivity contribution in [1.29, 1.82) is 5.26 Å². The van der Waals surface area contributed by atoms with E-state index in [1.54, 1.807) is 0 Å². The van der Waals surface area contributed by atoms with Crippen LogP contribution in [0, 0.1) is 18.3 Å². The first-order valence-electron chi connectivity index (χ1n) is 6.51. The zero-order chi connectivity index (χ0) is 13.2. The zero-order valence-electron chi connectivity index (χ0n) is 10.9. The molecule has 0 aliphatic heterocycles. The Hall–Kier alpha value is -2.34. The molecular weight excluding hydrogens is 234 g/mol. The van der Waals surface area contributed by atoms with Crippen LogP contribution in [0.2, 0.25) is 0 Å². The predicted octanol–water partition coefficient (Wildman–Crippen LogP) is 3.88. The van der Waals surface area contributed by atoms with Crippen LogP contribution < -0.4 is 5.32 Å². The van der Waals surface area contributed by atoms with Gasteiger partial charge in [0, 0.05) is 17.3 Å². The molecule has 3 rings (SSSR count). The molecule has 1 fully saturated rings. The first kappa shape index (κ1) is 11.7. The van der Waals surface area contributed by atoms with Gasteiger partial charge in [0.2, 0.25) is 0 Å². The van der Waals surface area contributed by atoms with Gasteiger partial charge in [0.15, 0.2) is 0 Å². The molecule has 1 aliphatic carbocycles. The smallest absolute Gasteiger partial charge is 0.148 e. The Morgan fingerprint density at radius 3 is 2.68 bits per heavy atom. The predicted molar refractivity (Wildman–Crippen MR) is 75.4 cm³/mol. The van der Waals surface area contributed by atoms with E-state index in [0.717, 1.165) is 16.9 Å². The molecule has 3 heteroatoms. The minimum Gasteiger partial charge on any atom is -0.339 e. The lowest BCUT2D eigenvalue weighted by Crippen LogP contribution is -2.00. The Morgan fingerprint density at radius 2 is 2.00 bits per heavy atom. The van der Waals surface area contributed by atoms with Crippen LogP contribution in [0.25, 0.3) is 0 Å². The average Bonchev–Trinajstić information content (AvgIpc) is 3.26. The van der Waals surface area contributed by atoms with E-state index in [2.05, 4.69) is 16.4 Å². The van der Waals surface area contributed by atoms with E-state index < -0.39 is 0 Å². The van der Waals surface area contributed by atoms with Gasteiger partial charge in [0.1, 0.15) is 11.9 Å². The van der Waals surface area contributed by atoms with Crippen molar-refractivity contribution in [1.82, 2.24) is 4.98 Å². The van der Waals surface area contributed by atoms with Crippen LogP contribution in [0.1, 0.15) is 35.6 Å². The number of para-hydroxylation sites is 1.